The number of hydrogen-bond donors (Lipinski definition) is 2. The van der Waals surface area contributed by atoms with Crippen molar-refractivity contribution in [3.63, 3.8) is 0 Å². The van der Waals surface area contributed by atoms with Crippen LogP contribution in [0.4, 0.5) is 0 Å². The lowest BCUT2D eigenvalue weighted by Gasteiger charge is -2.33. The van der Waals surface area contributed by atoms with Crippen molar-refractivity contribution in [2.75, 3.05) is 13.1 Å². The molecule has 2 aromatic carbocycles. The second kappa shape index (κ2) is 7.43. The molecule has 26 heavy (non-hydrogen) atoms. The van der Waals surface area contributed by atoms with Gasteiger partial charge >= 0.3 is 0 Å². The van der Waals surface area contributed by atoms with Crippen LogP contribution in [0.2, 0.25) is 0 Å². The van der Waals surface area contributed by atoms with Gasteiger partial charge < -0.3 is 10.6 Å². The minimum absolute atomic E-state index is 0.0918. The first-order valence-electron chi connectivity index (χ1n) is 8.46. The lowest BCUT2D eigenvalue weighted by Crippen LogP contribution is -2.53. The molecule has 0 spiro atoms. The summed E-state index contributed by atoms with van der Waals surface area (Å²) in [7, 11) is -3.84. The van der Waals surface area contributed by atoms with Crippen LogP contribution in [0.5, 0.6) is 0 Å². The number of piperidine rings is 1. The third kappa shape index (κ3) is 3.86. The van der Waals surface area contributed by atoms with E-state index < -0.39 is 34.4 Å². The molecule has 1 saturated heterocycles. The Morgan fingerprint density at radius 3 is 2.58 bits per heavy atom. The first-order valence-corrected chi connectivity index (χ1v) is 9.94. The Labute approximate surface area is 152 Å². The summed E-state index contributed by atoms with van der Waals surface area (Å²) in [5.74, 6) is -1.01. The van der Waals surface area contributed by atoms with Crippen LogP contribution in [0.3, 0.4) is 0 Å². The predicted molar refractivity (Wildman–Crippen MR) is 97.7 cm³/mol. The van der Waals surface area contributed by atoms with E-state index in [1.54, 1.807) is 12.1 Å². The summed E-state index contributed by atoms with van der Waals surface area (Å²) in [4.78, 5) is 25.4. The van der Waals surface area contributed by atoms with Crippen molar-refractivity contribution in [3.05, 3.63) is 42.5 Å². The topological polar surface area (TPSA) is 110 Å². The van der Waals surface area contributed by atoms with Crippen molar-refractivity contribution in [1.82, 2.24) is 9.62 Å². The average Bonchev–Trinajstić information content (AvgIpc) is 2.65. The highest BCUT2D eigenvalue weighted by Crippen LogP contribution is 2.19. The Hall–Kier alpha value is -2.45. The molecule has 1 unspecified atom stereocenters. The number of carbonyl (C=O) groups is 2. The van der Waals surface area contributed by atoms with Gasteiger partial charge in [0.2, 0.25) is 21.8 Å². The third-order valence-electron chi connectivity index (χ3n) is 4.60. The largest absolute Gasteiger partial charge is 0.368 e. The Kier molecular flexibility index (Phi) is 5.24. The first-order chi connectivity index (χ1) is 12.4. The Morgan fingerprint density at radius 1 is 1.12 bits per heavy atom. The molecule has 0 radical (unpaired) electrons. The number of sulfonamides is 1. The van der Waals surface area contributed by atoms with E-state index >= 15 is 0 Å². The normalized spacial score (nSPS) is 18.0. The summed E-state index contributed by atoms with van der Waals surface area (Å²) in [6.45, 7) is 0.00306. The van der Waals surface area contributed by atoms with Gasteiger partial charge in [-0.15, -0.1) is 0 Å². The summed E-state index contributed by atoms with van der Waals surface area (Å²) in [6, 6.07) is 11.5. The molecular weight excluding hydrogens is 354 g/mol. The lowest BCUT2D eigenvalue weighted by atomic mass is 10.0. The number of amides is 2. The van der Waals surface area contributed by atoms with Crippen molar-refractivity contribution in [2.24, 2.45) is 5.73 Å². The number of primary amides is 1. The Bertz CT molecular complexity index is 942. The maximum atomic E-state index is 12.5. The summed E-state index contributed by atoms with van der Waals surface area (Å²) in [5.41, 5.74) is 5.35. The Balaban J connectivity index is 1.72. The van der Waals surface area contributed by atoms with Crippen LogP contribution in [-0.2, 0) is 19.6 Å². The van der Waals surface area contributed by atoms with Crippen LogP contribution in [0.25, 0.3) is 10.8 Å². The van der Waals surface area contributed by atoms with E-state index in [1.807, 2.05) is 24.3 Å². The summed E-state index contributed by atoms with van der Waals surface area (Å²) < 4.78 is 27.3. The van der Waals surface area contributed by atoms with E-state index in [0.29, 0.717) is 13.0 Å². The van der Waals surface area contributed by atoms with E-state index in [-0.39, 0.29) is 4.90 Å². The zero-order chi connectivity index (χ0) is 18.7. The number of nitrogens with one attached hydrogen (secondary N) is 1. The van der Waals surface area contributed by atoms with E-state index in [1.165, 1.54) is 11.0 Å². The zero-order valence-electron chi connectivity index (χ0n) is 14.2. The summed E-state index contributed by atoms with van der Waals surface area (Å²) in [5, 5.41) is 1.73. The van der Waals surface area contributed by atoms with E-state index in [4.69, 9.17) is 5.73 Å². The van der Waals surface area contributed by atoms with E-state index in [9.17, 15) is 18.0 Å². The fourth-order valence-corrected chi connectivity index (χ4v) is 4.21. The molecular formula is C18H21N3O4S. The van der Waals surface area contributed by atoms with Crippen LogP contribution in [0.1, 0.15) is 19.3 Å². The molecule has 2 aromatic rings. The van der Waals surface area contributed by atoms with Crippen LogP contribution >= 0.6 is 0 Å². The van der Waals surface area contributed by atoms with Gasteiger partial charge in [-0.25, -0.2) is 13.1 Å². The highest BCUT2D eigenvalue weighted by molar-refractivity contribution is 7.89. The number of fused-ring (bicyclic) bond motifs is 1. The van der Waals surface area contributed by atoms with Gasteiger partial charge in [0.15, 0.2) is 0 Å². The fourth-order valence-electron chi connectivity index (χ4n) is 3.20. The highest BCUT2D eigenvalue weighted by atomic mass is 32.2. The van der Waals surface area contributed by atoms with Gasteiger partial charge in [-0.3, -0.25) is 9.59 Å². The SMILES string of the molecule is NC(=O)C1CCCCN1C(=O)CNS(=O)(=O)c1ccc2ccccc2c1. The highest BCUT2D eigenvalue weighted by Gasteiger charge is 2.31. The molecule has 8 heteroatoms. The van der Waals surface area contributed by atoms with Crippen molar-refractivity contribution in [3.8, 4) is 0 Å². The molecule has 1 heterocycles. The fraction of sp³-hybridized carbons (Fsp3) is 0.333. The van der Waals surface area contributed by atoms with Gasteiger partial charge in [0.05, 0.1) is 11.4 Å². The Morgan fingerprint density at radius 2 is 1.85 bits per heavy atom. The maximum absolute atomic E-state index is 12.5. The molecule has 138 valence electrons. The average molecular weight is 375 g/mol. The van der Waals surface area contributed by atoms with E-state index in [2.05, 4.69) is 4.72 Å². The number of carbonyl (C=O) groups excluding carboxylic acids is 2. The number of benzene rings is 2. The maximum Gasteiger partial charge on any atom is 0.241 e. The number of nitrogens with two attached hydrogens (primary N) is 1. The van der Waals surface area contributed by atoms with E-state index in [0.717, 1.165) is 23.6 Å². The summed E-state index contributed by atoms with van der Waals surface area (Å²) in [6.07, 6.45) is 2.10. The molecule has 0 bridgehead atoms. The van der Waals surface area contributed by atoms with Crippen molar-refractivity contribution >= 4 is 32.6 Å². The monoisotopic (exact) mass is 375 g/mol. The van der Waals surface area contributed by atoms with Crippen LogP contribution in [-0.4, -0.2) is 44.3 Å². The molecule has 1 aliphatic heterocycles. The molecule has 1 fully saturated rings. The molecule has 0 saturated carbocycles. The van der Waals surface area contributed by atoms with Crippen LogP contribution in [0, 0.1) is 0 Å². The molecule has 1 atom stereocenters. The van der Waals surface area contributed by atoms with Gasteiger partial charge in [0.1, 0.15) is 6.04 Å². The second-order valence-electron chi connectivity index (χ2n) is 6.33. The third-order valence-corrected chi connectivity index (χ3v) is 6.00. The van der Waals surface area contributed by atoms with Crippen LogP contribution in [0.15, 0.2) is 47.4 Å². The number of likely N-dealkylation sites (tertiary alicyclic amines) is 1. The van der Waals surface area contributed by atoms with Crippen molar-refractivity contribution in [2.45, 2.75) is 30.2 Å². The molecule has 3 N–H and O–H groups in total. The molecule has 3 rings (SSSR count). The summed E-state index contributed by atoms with van der Waals surface area (Å²) >= 11 is 0. The van der Waals surface area contributed by atoms with Crippen LogP contribution < -0.4 is 10.5 Å². The standard InChI is InChI=1S/C18H21N3O4S/c19-18(23)16-7-3-4-10-21(16)17(22)12-20-26(24,25)15-9-8-13-5-1-2-6-14(13)11-15/h1-2,5-6,8-9,11,16,20H,3-4,7,10,12H2,(H2,19,23). The molecule has 2 amide bonds. The molecule has 0 aromatic heterocycles. The molecule has 7 nitrogen and oxygen atoms in total. The van der Waals surface area contributed by atoms with Gasteiger partial charge in [0, 0.05) is 6.54 Å². The van der Waals surface area contributed by atoms with Gasteiger partial charge in [-0.05, 0) is 42.2 Å². The second-order valence-corrected chi connectivity index (χ2v) is 8.10. The van der Waals surface area contributed by atoms with Gasteiger partial charge in [-0.1, -0.05) is 30.3 Å². The lowest BCUT2D eigenvalue weighted by molar-refractivity contribution is -0.140. The number of rotatable bonds is 5. The van der Waals surface area contributed by atoms with Gasteiger partial charge in [-0.2, -0.15) is 0 Å². The molecule has 1 aliphatic rings. The van der Waals surface area contributed by atoms with Crippen molar-refractivity contribution in [1.29, 1.82) is 0 Å². The smallest absolute Gasteiger partial charge is 0.241 e. The van der Waals surface area contributed by atoms with Gasteiger partial charge in [0.25, 0.3) is 0 Å². The minimum atomic E-state index is -3.84. The zero-order valence-corrected chi connectivity index (χ0v) is 15.0. The number of nitrogens with zero attached hydrogens (tertiary/aromatic N) is 1. The van der Waals surface area contributed by atoms with Crippen molar-refractivity contribution < 1.29 is 18.0 Å². The quantitative estimate of drug-likeness (QED) is 0.812. The molecule has 0 aliphatic carbocycles. The predicted octanol–water partition coefficient (Wildman–Crippen LogP) is 0.985. The first kappa shape index (κ1) is 18.3. The number of hydrogen-bond acceptors (Lipinski definition) is 4. The minimum Gasteiger partial charge on any atom is -0.368 e.